The minimum absolute atomic E-state index is 0.222. The van der Waals surface area contributed by atoms with E-state index in [0.717, 1.165) is 11.1 Å². The second kappa shape index (κ2) is 9.03. The minimum Gasteiger partial charge on any atom is -0.497 e. The van der Waals surface area contributed by atoms with Crippen LogP contribution >= 0.6 is 0 Å². The van der Waals surface area contributed by atoms with E-state index in [1.54, 1.807) is 26.4 Å². The summed E-state index contributed by atoms with van der Waals surface area (Å²) in [7, 11) is 1.65. The van der Waals surface area contributed by atoms with Gasteiger partial charge in [-0.3, -0.25) is 4.21 Å². The van der Waals surface area contributed by atoms with Gasteiger partial charge in [0.25, 0.3) is 0 Å². The molecule has 1 aliphatic rings. The molecule has 4 rings (SSSR count). The third-order valence-corrected chi connectivity index (χ3v) is 7.63. The van der Waals surface area contributed by atoms with Crippen molar-refractivity contribution in [3.05, 3.63) is 90.0 Å². The lowest BCUT2D eigenvalue weighted by atomic mass is 9.80. The summed E-state index contributed by atoms with van der Waals surface area (Å²) in [5.74, 6) is -0.345. The first kappa shape index (κ1) is 22.5. The highest BCUT2D eigenvalue weighted by Gasteiger charge is 2.53. The van der Waals surface area contributed by atoms with Crippen molar-refractivity contribution in [1.29, 1.82) is 0 Å². The Balaban J connectivity index is 1.82. The van der Waals surface area contributed by atoms with Gasteiger partial charge in [-0.25, -0.2) is 4.89 Å². The van der Waals surface area contributed by atoms with Crippen molar-refractivity contribution in [2.24, 2.45) is 0 Å². The number of ether oxygens (including phenoxy) is 2. The Hall–Kier alpha value is -2.71. The predicted molar refractivity (Wildman–Crippen MR) is 121 cm³/mol. The van der Waals surface area contributed by atoms with Gasteiger partial charge in [-0.05, 0) is 54.4 Å². The Bertz CT molecular complexity index is 1020. The van der Waals surface area contributed by atoms with Gasteiger partial charge >= 0.3 is 0 Å². The number of aliphatic hydroxyl groups is 1. The van der Waals surface area contributed by atoms with Crippen LogP contribution in [0.2, 0.25) is 0 Å². The van der Waals surface area contributed by atoms with Gasteiger partial charge in [0.1, 0.15) is 11.5 Å². The molecule has 0 spiro atoms. The molecule has 1 aliphatic heterocycles. The van der Waals surface area contributed by atoms with Gasteiger partial charge in [-0.2, -0.15) is 4.89 Å². The average Bonchev–Trinajstić information content (AvgIpc) is 2.84. The Labute approximate surface area is 190 Å². The summed E-state index contributed by atoms with van der Waals surface area (Å²) in [4.78, 5) is 12.1. The largest absolute Gasteiger partial charge is 0.497 e. The van der Waals surface area contributed by atoms with Gasteiger partial charge in [0.15, 0.2) is 5.60 Å². The van der Waals surface area contributed by atoms with E-state index in [-0.39, 0.29) is 6.42 Å². The summed E-state index contributed by atoms with van der Waals surface area (Å²) in [5.41, 5.74) is 0.471. The molecule has 1 saturated heterocycles. The van der Waals surface area contributed by atoms with Crippen molar-refractivity contribution in [2.45, 2.75) is 34.9 Å². The van der Waals surface area contributed by atoms with Crippen LogP contribution in [0.4, 0.5) is 0 Å². The molecule has 0 aromatic heterocycles. The zero-order valence-corrected chi connectivity index (χ0v) is 19.0. The maximum atomic E-state index is 13.5. The lowest BCUT2D eigenvalue weighted by Gasteiger charge is -2.45. The van der Waals surface area contributed by atoms with Crippen LogP contribution in [0.3, 0.4) is 0 Å². The molecular weight excluding hydrogens is 428 g/mol. The zero-order valence-electron chi connectivity index (χ0n) is 18.2. The fourth-order valence-corrected chi connectivity index (χ4v) is 5.48. The van der Waals surface area contributed by atoms with Crippen LogP contribution in [0.15, 0.2) is 83.8 Å². The molecule has 0 radical (unpaired) electrons. The molecular formula is C25H26O6S. The second-order valence-corrected chi connectivity index (χ2v) is 9.44. The van der Waals surface area contributed by atoms with Gasteiger partial charge in [-0.1, -0.05) is 42.5 Å². The summed E-state index contributed by atoms with van der Waals surface area (Å²) in [6, 6.07) is 23.9. The van der Waals surface area contributed by atoms with Crippen molar-refractivity contribution in [3.8, 4) is 11.5 Å². The molecule has 7 heteroatoms. The summed E-state index contributed by atoms with van der Waals surface area (Å²) >= 11 is 0. The molecule has 0 aliphatic carbocycles. The first-order valence-corrected chi connectivity index (χ1v) is 11.4. The predicted octanol–water partition coefficient (Wildman–Crippen LogP) is 4.18. The first-order valence-electron chi connectivity index (χ1n) is 10.2. The molecule has 3 atom stereocenters. The van der Waals surface area contributed by atoms with E-state index in [9.17, 15) is 9.32 Å². The van der Waals surface area contributed by atoms with Gasteiger partial charge in [0.05, 0.1) is 30.3 Å². The third-order valence-electron chi connectivity index (χ3n) is 5.77. The van der Waals surface area contributed by atoms with E-state index in [4.69, 9.17) is 19.2 Å². The zero-order chi connectivity index (χ0) is 22.8. The van der Waals surface area contributed by atoms with E-state index in [1.807, 2.05) is 66.7 Å². The summed E-state index contributed by atoms with van der Waals surface area (Å²) in [6.07, 6.45) is 0.222. The van der Waals surface area contributed by atoms with Crippen LogP contribution in [-0.4, -0.2) is 34.6 Å². The van der Waals surface area contributed by atoms with Gasteiger partial charge < -0.3 is 14.6 Å². The summed E-state index contributed by atoms with van der Waals surface area (Å²) in [6.45, 7) is 1.48. The van der Waals surface area contributed by atoms with Gasteiger partial charge in [-0.15, -0.1) is 0 Å². The number of hydrogen-bond donors (Lipinski definition) is 1. The van der Waals surface area contributed by atoms with Crippen LogP contribution in [0.1, 0.15) is 24.5 Å². The van der Waals surface area contributed by atoms with Crippen molar-refractivity contribution < 1.29 is 28.6 Å². The molecule has 1 N–H and O–H groups in total. The van der Waals surface area contributed by atoms with Crippen molar-refractivity contribution in [3.63, 3.8) is 0 Å². The van der Waals surface area contributed by atoms with Crippen LogP contribution < -0.4 is 9.47 Å². The highest BCUT2D eigenvalue weighted by Crippen LogP contribution is 2.47. The highest BCUT2D eigenvalue weighted by atomic mass is 32.2. The standard InChI is InChI=1S/C25H26O6S/c1-24(26)23(32(27)22-7-5-4-6-8-22)17-25(31-30-24,18-9-13-20(28-2)14-10-18)19-11-15-21(29-3)16-12-19/h4-16,23,26H,17H2,1-3H3. The summed E-state index contributed by atoms with van der Waals surface area (Å²) in [5, 5.41) is 10.2. The normalized spacial score (nSPS) is 23.3. The second-order valence-electron chi connectivity index (χ2n) is 7.81. The van der Waals surface area contributed by atoms with E-state index in [1.165, 1.54) is 6.92 Å². The smallest absolute Gasteiger partial charge is 0.211 e. The molecule has 3 aromatic carbocycles. The Morgan fingerprint density at radius 1 is 0.844 bits per heavy atom. The topological polar surface area (TPSA) is 74.2 Å². The van der Waals surface area contributed by atoms with Crippen molar-refractivity contribution >= 4 is 10.8 Å². The Morgan fingerprint density at radius 3 is 1.81 bits per heavy atom. The molecule has 32 heavy (non-hydrogen) atoms. The number of hydrogen-bond acceptors (Lipinski definition) is 6. The molecule has 0 amide bonds. The van der Waals surface area contributed by atoms with Crippen LogP contribution in [0.25, 0.3) is 0 Å². The molecule has 0 saturated carbocycles. The van der Waals surface area contributed by atoms with Gasteiger partial charge in [0, 0.05) is 11.3 Å². The van der Waals surface area contributed by atoms with Crippen LogP contribution in [0.5, 0.6) is 11.5 Å². The lowest BCUT2D eigenvalue weighted by molar-refractivity contribution is -0.475. The molecule has 1 fully saturated rings. The fraction of sp³-hybridized carbons (Fsp3) is 0.280. The van der Waals surface area contributed by atoms with E-state index in [0.29, 0.717) is 16.4 Å². The highest BCUT2D eigenvalue weighted by molar-refractivity contribution is 7.85. The SMILES string of the molecule is COc1ccc(C2(c3ccc(OC)cc3)CC(S(=O)c3ccccc3)C(C)(O)OO2)cc1. The molecule has 3 aromatic rings. The average molecular weight is 455 g/mol. The Morgan fingerprint density at radius 2 is 1.34 bits per heavy atom. The molecule has 6 nitrogen and oxygen atoms in total. The first-order chi connectivity index (χ1) is 15.4. The van der Waals surface area contributed by atoms with Gasteiger partial charge in [0.2, 0.25) is 5.79 Å². The van der Waals surface area contributed by atoms with Crippen molar-refractivity contribution in [1.82, 2.24) is 0 Å². The van der Waals surface area contributed by atoms with Crippen LogP contribution in [0, 0.1) is 0 Å². The maximum absolute atomic E-state index is 13.5. The maximum Gasteiger partial charge on any atom is 0.211 e. The van der Waals surface area contributed by atoms with E-state index in [2.05, 4.69) is 0 Å². The summed E-state index contributed by atoms with van der Waals surface area (Å²) < 4.78 is 24.1. The Kier molecular flexibility index (Phi) is 6.35. The van der Waals surface area contributed by atoms with Crippen molar-refractivity contribution in [2.75, 3.05) is 14.2 Å². The fourth-order valence-electron chi connectivity index (χ4n) is 3.91. The van der Waals surface area contributed by atoms with E-state index < -0.39 is 27.4 Å². The molecule has 3 unspecified atom stereocenters. The van der Waals surface area contributed by atoms with Crippen LogP contribution in [-0.2, 0) is 26.2 Å². The minimum atomic E-state index is -1.75. The lowest BCUT2D eigenvalue weighted by Crippen LogP contribution is -2.55. The quantitative estimate of drug-likeness (QED) is 0.563. The van der Waals surface area contributed by atoms with E-state index >= 15 is 0 Å². The molecule has 168 valence electrons. The number of benzene rings is 3. The number of rotatable bonds is 6. The number of methoxy groups -OCH3 is 2. The molecule has 0 bridgehead atoms. The third kappa shape index (κ3) is 4.17. The molecule has 1 heterocycles. The monoisotopic (exact) mass is 454 g/mol.